The van der Waals surface area contributed by atoms with Gasteiger partial charge in [0.25, 0.3) is 0 Å². The Balaban J connectivity index is 1.69. The molecule has 0 radical (unpaired) electrons. The summed E-state index contributed by atoms with van der Waals surface area (Å²) in [5.41, 5.74) is 6.56. The Morgan fingerprint density at radius 2 is 1.70 bits per heavy atom. The van der Waals surface area contributed by atoms with Crippen LogP contribution in [0.4, 0.5) is 21.9 Å². The van der Waals surface area contributed by atoms with Gasteiger partial charge in [0.15, 0.2) is 0 Å². The molecule has 0 fully saturated rings. The number of hydrogen-bond donors (Lipinski definition) is 2. The molecule has 0 aliphatic heterocycles. The van der Waals surface area contributed by atoms with Gasteiger partial charge in [-0.2, -0.15) is 0 Å². The molecule has 210 valence electrons. The molecule has 2 amide bonds. The van der Waals surface area contributed by atoms with E-state index in [1.165, 1.54) is 5.56 Å². The topological polar surface area (TPSA) is 66.7 Å². The highest BCUT2D eigenvalue weighted by Gasteiger charge is 2.22. The lowest BCUT2D eigenvalue weighted by Crippen LogP contribution is -2.35. The highest BCUT2D eigenvalue weighted by molar-refractivity contribution is 6.32. The maximum absolute atomic E-state index is 14.1. The van der Waals surface area contributed by atoms with Gasteiger partial charge in [-0.1, -0.05) is 63.6 Å². The first-order chi connectivity index (χ1) is 19.3. The van der Waals surface area contributed by atoms with Gasteiger partial charge in [-0.15, -0.1) is 0 Å². The van der Waals surface area contributed by atoms with Crippen LogP contribution >= 0.6 is 11.6 Å². The molecule has 4 rings (SSSR count). The van der Waals surface area contributed by atoms with Gasteiger partial charge in [-0.3, -0.25) is 4.90 Å². The first kappa shape index (κ1) is 29.1. The van der Waals surface area contributed by atoms with Gasteiger partial charge in [-0.25, -0.2) is 4.79 Å². The van der Waals surface area contributed by atoms with Gasteiger partial charge in [0.05, 0.1) is 32.1 Å². The van der Waals surface area contributed by atoms with E-state index in [0.29, 0.717) is 36.9 Å². The van der Waals surface area contributed by atoms with Crippen LogP contribution in [0.3, 0.4) is 0 Å². The normalized spacial score (nSPS) is 11.0. The Bertz CT molecular complexity index is 1400. The fourth-order valence-corrected chi connectivity index (χ4v) is 5.10. The number of amides is 2. The molecular weight excluding hydrogens is 522 g/mol. The van der Waals surface area contributed by atoms with Crippen molar-refractivity contribution >= 4 is 34.7 Å². The molecule has 0 bridgehead atoms. The summed E-state index contributed by atoms with van der Waals surface area (Å²) in [4.78, 5) is 15.8. The summed E-state index contributed by atoms with van der Waals surface area (Å²) in [5.74, 6) is 1.99. The predicted octanol–water partition coefficient (Wildman–Crippen LogP) is 9.04. The fourth-order valence-electron chi connectivity index (χ4n) is 4.76. The van der Waals surface area contributed by atoms with Gasteiger partial charge < -0.3 is 19.8 Å². The molecule has 0 atom stereocenters. The van der Waals surface area contributed by atoms with E-state index in [1.54, 1.807) is 18.3 Å². The SMILES string of the molecule is CCc1c(Cl)cc(NCc2ccco2)c(CC)c1NC(=O)N(Cc1ccc(OC)cc1)c1ccc(C(C)C)cc1. The number of carbonyl (C=O) groups excluding carboxylic acids is 1. The van der Waals surface area contributed by atoms with Crippen LogP contribution in [0.2, 0.25) is 5.02 Å². The Hall–Kier alpha value is -3.90. The molecule has 7 heteroatoms. The van der Waals surface area contributed by atoms with Crippen molar-refractivity contribution in [3.8, 4) is 5.75 Å². The van der Waals surface area contributed by atoms with E-state index >= 15 is 0 Å². The number of carbonyl (C=O) groups is 1. The predicted molar refractivity (Wildman–Crippen MR) is 165 cm³/mol. The van der Waals surface area contributed by atoms with E-state index in [1.807, 2.05) is 61.5 Å². The highest BCUT2D eigenvalue weighted by Crippen LogP contribution is 2.36. The second-order valence-electron chi connectivity index (χ2n) is 9.99. The summed E-state index contributed by atoms with van der Waals surface area (Å²) in [6.45, 7) is 9.35. The number of benzene rings is 3. The Morgan fingerprint density at radius 3 is 2.27 bits per heavy atom. The monoisotopic (exact) mass is 559 g/mol. The van der Waals surface area contributed by atoms with E-state index < -0.39 is 0 Å². The van der Waals surface area contributed by atoms with Crippen molar-refractivity contribution in [1.29, 1.82) is 0 Å². The van der Waals surface area contributed by atoms with E-state index in [9.17, 15) is 4.79 Å². The minimum absolute atomic E-state index is 0.225. The molecule has 6 nitrogen and oxygen atoms in total. The number of nitrogens with zero attached hydrogens (tertiary/aromatic N) is 1. The minimum atomic E-state index is -0.225. The largest absolute Gasteiger partial charge is 0.497 e. The minimum Gasteiger partial charge on any atom is -0.497 e. The number of urea groups is 1. The van der Waals surface area contributed by atoms with Crippen LogP contribution in [0.1, 0.15) is 61.6 Å². The second-order valence-corrected chi connectivity index (χ2v) is 10.4. The van der Waals surface area contributed by atoms with E-state index in [-0.39, 0.29) is 6.03 Å². The zero-order chi connectivity index (χ0) is 28.6. The van der Waals surface area contributed by atoms with Gasteiger partial charge in [0, 0.05) is 16.4 Å². The standard InChI is InChI=1S/C33H38ClN3O3/c1-6-28-30(34)19-31(35-20-27-9-8-18-40-27)29(7-2)32(28)36-33(38)37(21-23-10-16-26(39-5)17-11-23)25-14-12-24(13-15-25)22(3)4/h8-19,22,35H,6-7,20-21H2,1-5H3,(H,36,38). The first-order valence-corrected chi connectivity index (χ1v) is 14.1. The van der Waals surface area contributed by atoms with Crippen LogP contribution < -0.4 is 20.3 Å². The van der Waals surface area contributed by atoms with E-state index in [2.05, 4.69) is 43.5 Å². The molecule has 40 heavy (non-hydrogen) atoms. The van der Waals surface area contributed by atoms with E-state index in [4.69, 9.17) is 20.8 Å². The third kappa shape index (κ3) is 6.80. The van der Waals surface area contributed by atoms with Crippen LogP contribution in [-0.4, -0.2) is 13.1 Å². The van der Waals surface area contributed by atoms with Crippen molar-refractivity contribution in [2.45, 2.75) is 59.5 Å². The van der Waals surface area contributed by atoms with E-state index in [0.717, 1.165) is 45.3 Å². The lowest BCUT2D eigenvalue weighted by molar-refractivity contribution is 0.256. The van der Waals surface area contributed by atoms with Crippen molar-refractivity contribution < 1.29 is 13.9 Å². The zero-order valence-electron chi connectivity index (χ0n) is 23.9. The second kappa shape index (κ2) is 13.4. The molecule has 1 aromatic heterocycles. The summed E-state index contributed by atoms with van der Waals surface area (Å²) in [7, 11) is 1.64. The summed E-state index contributed by atoms with van der Waals surface area (Å²) < 4.78 is 10.8. The summed E-state index contributed by atoms with van der Waals surface area (Å²) in [5, 5.41) is 7.31. The van der Waals surface area contributed by atoms with Gasteiger partial charge >= 0.3 is 6.03 Å². The maximum atomic E-state index is 14.1. The molecule has 0 saturated carbocycles. The Labute approximate surface area is 242 Å². The number of halogens is 1. The van der Waals surface area contributed by atoms with Crippen molar-refractivity contribution in [2.24, 2.45) is 0 Å². The molecule has 0 spiro atoms. The number of ether oxygens (including phenoxy) is 1. The van der Waals surface area contributed by atoms with Gasteiger partial charge in [-0.05, 0) is 83.5 Å². The Morgan fingerprint density at radius 1 is 1.00 bits per heavy atom. The summed E-state index contributed by atoms with van der Waals surface area (Å²) >= 11 is 6.77. The van der Waals surface area contributed by atoms with Crippen LogP contribution in [0.25, 0.3) is 0 Å². The van der Waals surface area contributed by atoms with Crippen molar-refractivity contribution in [3.63, 3.8) is 0 Å². The van der Waals surface area contributed by atoms with Crippen LogP contribution in [0.15, 0.2) is 77.4 Å². The summed E-state index contributed by atoms with van der Waals surface area (Å²) in [6.07, 6.45) is 3.05. The molecular formula is C33H38ClN3O3. The third-order valence-corrected chi connectivity index (χ3v) is 7.41. The van der Waals surface area contributed by atoms with Gasteiger partial charge in [0.1, 0.15) is 11.5 Å². The number of furan rings is 1. The lowest BCUT2D eigenvalue weighted by Gasteiger charge is -2.27. The maximum Gasteiger partial charge on any atom is 0.326 e. The number of nitrogens with one attached hydrogen (secondary N) is 2. The first-order valence-electron chi connectivity index (χ1n) is 13.8. The molecule has 0 unspecified atom stereocenters. The molecule has 3 aromatic carbocycles. The van der Waals surface area contributed by atoms with Crippen molar-refractivity contribution in [1.82, 2.24) is 0 Å². The molecule has 0 saturated heterocycles. The average molecular weight is 560 g/mol. The Kier molecular flexibility index (Phi) is 9.78. The fraction of sp³-hybridized carbons (Fsp3) is 0.303. The smallest absolute Gasteiger partial charge is 0.326 e. The molecule has 4 aromatic rings. The average Bonchev–Trinajstić information content (AvgIpc) is 3.49. The molecule has 0 aliphatic rings. The molecule has 0 aliphatic carbocycles. The quantitative estimate of drug-likeness (QED) is 0.192. The van der Waals surface area contributed by atoms with Crippen LogP contribution in [0.5, 0.6) is 5.75 Å². The van der Waals surface area contributed by atoms with Crippen LogP contribution in [0, 0.1) is 0 Å². The molecule has 1 heterocycles. The molecule has 2 N–H and O–H groups in total. The zero-order valence-corrected chi connectivity index (χ0v) is 24.6. The van der Waals surface area contributed by atoms with Crippen LogP contribution in [-0.2, 0) is 25.9 Å². The number of methoxy groups -OCH3 is 1. The summed E-state index contributed by atoms with van der Waals surface area (Å²) in [6, 6.07) is 21.5. The number of hydrogen-bond acceptors (Lipinski definition) is 4. The highest BCUT2D eigenvalue weighted by atomic mass is 35.5. The third-order valence-electron chi connectivity index (χ3n) is 7.08. The van der Waals surface area contributed by atoms with Gasteiger partial charge in [0.2, 0.25) is 0 Å². The number of rotatable bonds is 11. The number of anilines is 3. The lowest BCUT2D eigenvalue weighted by atomic mass is 10.00. The van der Waals surface area contributed by atoms with Crippen molar-refractivity contribution in [3.05, 3.63) is 106 Å². The van der Waals surface area contributed by atoms with Crippen molar-refractivity contribution in [2.75, 3.05) is 22.6 Å².